The Kier molecular flexibility index (Phi) is 6.31. The third-order valence-electron chi connectivity index (χ3n) is 4.92. The molecule has 1 heterocycles. The van der Waals surface area contributed by atoms with Crippen molar-refractivity contribution in [2.24, 2.45) is 0 Å². The van der Waals surface area contributed by atoms with Crippen LogP contribution in [0.25, 0.3) is 21.2 Å². The maximum atomic E-state index is 13.4. The largest absolute Gasteiger partial charge is 0.351 e. The molecule has 1 amide bonds. The molecule has 0 radical (unpaired) electrons. The van der Waals surface area contributed by atoms with Gasteiger partial charge in [-0.1, -0.05) is 48.0 Å². The van der Waals surface area contributed by atoms with E-state index >= 15 is 0 Å². The number of hydrogen-bond acceptors (Lipinski definition) is 3. The number of halogens is 2. The Balaban J connectivity index is 1.64. The molecule has 1 aromatic heterocycles. The number of nitrogens with zero attached hydrogens (tertiary/aromatic N) is 1. The van der Waals surface area contributed by atoms with Crippen molar-refractivity contribution < 1.29 is 9.18 Å². The van der Waals surface area contributed by atoms with E-state index < -0.39 is 5.82 Å². The molecule has 4 rings (SSSR count). The van der Waals surface area contributed by atoms with Gasteiger partial charge in [0.15, 0.2) is 0 Å². The van der Waals surface area contributed by atoms with E-state index in [-0.39, 0.29) is 17.4 Å². The van der Waals surface area contributed by atoms with E-state index in [1.165, 1.54) is 6.07 Å². The fourth-order valence-electron chi connectivity index (χ4n) is 3.44. The van der Waals surface area contributed by atoms with Gasteiger partial charge in [-0.15, -0.1) is 11.3 Å². The summed E-state index contributed by atoms with van der Waals surface area (Å²) >= 11 is 7.61. The van der Waals surface area contributed by atoms with Crippen molar-refractivity contribution in [2.75, 3.05) is 6.54 Å². The Hall–Kier alpha value is -3.20. The topological polar surface area (TPSA) is 52.9 Å². The zero-order valence-corrected chi connectivity index (χ0v) is 18.1. The number of nitrogens with one attached hydrogen (secondary N) is 1. The van der Waals surface area contributed by atoms with Crippen molar-refractivity contribution in [3.63, 3.8) is 0 Å². The number of benzene rings is 3. The molecule has 0 saturated heterocycles. The standard InChI is InChI=1S/C25H18ClFN2OS/c26-22-13-16(8-9-23(22)27)12-20-15-18-5-2-7-21(24(18)31-20)17-4-1-6-19(14-17)25(30)29-11-3-10-28/h1-2,4-9,13-15H,3,11-12H2,(H,29,30). The smallest absolute Gasteiger partial charge is 0.251 e. The minimum absolute atomic E-state index is 0.129. The number of fused-ring (bicyclic) bond motifs is 1. The highest BCUT2D eigenvalue weighted by Crippen LogP contribution is 2.36. The van der Waals surface area contributed by atoms with E-state index in [9.17, 15) is 9.18 Å². The Bertz CT molecular complexity index is 1310. The van der Waals surface area contributed by atoms with Gasteiger partial charge < -0.3 is 5.32 Å². The summed E-state index contributed by atoms with van der Waals surface area (Å²) in [6.07, 6.45) is 0.947. The Morgan fingerprint density at radius 2 is 1.94 bits per heavy atom. The minimum Gasteiger partial charge on any atom is -0.351 e. The molecule has 0 saturated carbocycles. The quantitative estimate of drug-likeness (QED) is 0.338. The second kappa shape index (κ2) is 9.30. The summed E-state index contributed by atoms with van der Waals surface area (Å²) in [7, 11) is 0. The van der Waals surface area contributed by atoms with E-state index in [2.05, 4.69) is 17.4 Å². The van der Waals surface area contributed by atoms with Gasteiger partial charge in [0.1, 0.15) is 5.82 Å². The van der Waals surface area contributed by atoms with Crippen LogP contribution in [-0.2, 0) is 6.42 Å². The molecule has 4 aromatic rings. The molecule has 6 heteroatoms. The zero-order chi connectivity index (χ0) is 21.8. The molecule has 0 atom stereocenters. The van der Waals surface area contributed by atoms with Crippen LogP contribution in [0.15, 0.2) is 66.7 Å². The summed E-state index contributed by atoms with van der Waals surface area (Å²) in [5.74, 6) is -0.607. The number of hydrogen-bond donors (Lipinski definition) is 1. The van der Waals surface area contributed by atoms with Crippen LogP contribution in [0.5, 0.6) is 0 Å². The molecule has 0 aliphatic rings. The normalized spacial score (nSPS) is 10.7. The van der Waals surface area contributed by atoms with Crippen LogP contribution in [0.1, 0.15) is 27.2 Å². The number of nitriles is 1. The number of carbonyl (C=O) groups excluding carboxylic acids is 1. The lowest BCUT2D eigenvalue weighted by molar-refractivity contribution is 0.0954. The summed E-state index contributed by atoms with van der Waals surface area (Å²) < 4.78 is 14.6. The van der Waals surface area contributed by atoms with E-state index in [1.54, 1.807) is 29.5 Å². The average Bonchev–Trinajstić information content (AvgIpc) is 3.19. The second-order valence-electron chi connectivity index (χ2n) is 7.11. The van der Waals surface area contributed by atoms with Crippen LogP contribution in [-0.4, -0.2) is 12.5 Å². The molecule has 3 aromatic carbocycles. The molecular weight excluding hydrogens is 431 g/mol. The van der Waals surface area contributed by atoms with Crippen molar-refractivity contribution >= 4 is 38.9 Å². The molecule has 154 valence electrons. The number of amides is 1. The van der Waals surface area contributed by atoms with Crippen molar-refractivity contribution in [1.29, 1.82) is 5.26 Å². The van der Waals surface area contributed by atoms with E-state index in [0.29, 0.717) is 18.5 Å². The number of carbonyl (C=O) groups is 1. The van der Waals surface area contributed by atoms with Crippen LogP contribution in [0.4, 0.5) is 4.39 Å². The molecule has 31 heavy (non-hydrogen) atoms. The van der Waals surface area contributed by atoms with Gasteiger partial charge in [0.2, 0.25) is 0 Å². The van der Waals surface area contributed by atoms with Crippen LogP contribution < -0.4 is 5.32 Å². The van der Waals surface area contributed by atoms with Gasteiger partial charge >= 0.3 is 0 Å². The Morgan fingerprint density at radius 3 is 2.74 bits per heavy atom. The van der Waals surface area contributed by atoms with Gasteiger partial charge in [0.25, 0.3) is 5.91 Å². The van der Waals surface area contributed by atoms with E-state index in [1.807, 2.05) is 36.4 Å². The second-order valence-corrected chi connectivity index (χ2v) is 8.65. The highest BCUT2D eigenvalue weighted by molar-refractivity contribution is 7.19. The van der Waals surface area contributed by atoms with Gasteiger partial charge in [-0.2, -0.15) is 5.26 Å². The highest BCUT2D eigenvalue weighted by Gasteiger charge is 2.12. The fourth-order valence-corrected chi connectivity index (χ4v) is 4.87. The minimum atomic E-state index is -0.416. The molecule has 0 aliphatic heterocycles. The summed E-state index contributed by atoms with van der Waals surface area (Å²) in [4.78, 5) is 13.5. The van der Waals surface area contributed by atoms with Crippen molar-refractivity contribution in [3.05, 3.63) is 93.6 Å². The van der Waals surface area contributed by atoms with Gasteiger partial charge in [0, 0.05) is 28.1 Å². The van der Waals surface area contributed by atoms with E-state index in [0.717, 1.165) is 31.7 Å². The molecule has 0 fully saturated rings. The zero-order valence-electron chi connectivity index (χ0n) is 16.5. The van der Waals surface area contributed by atoms with Gasteiger partial charge in [-0.05, 0) is 52.4 Å². The summed E-state index contributed by atoms with van der Waals surface area (Å²) in [5.41, 5.74) is 3.52. The predicted molar refractivity (Wildman–Crippen MR) is 124 cm³/mol. The molecule has 0 aliphatic carbocycles. The summed E-state index contributed by atoms with van der Waals surface area (Å²) in [5, 5.41) is 12.6. The van der Waals surface area contributed by atoms with Gasteiger partial charge in [-0.3, -0.25) is 4.79 Å². The highest BCUT2D eigenvalue weighted by atomic mass is 35.5. The maximum Gasteiger partial charge on any atom is 0.251 e. The average molecular weight is 449 g/mol. The molecule has 0 spiro atoms. The van der Waals surface area contributed by atoms with Crippen molar-refractivity contribution in [1.82, 2.24) is 5.32 Å². The molecule has 1 N–H and O–H groups in total. The maximum absolute atomic E-state index is 13.4. The van der Waals surface area contributed by atoms with Crippen LogP contribution in [0.3, 0.4) is 0 Å². The first-order valence-corrected chi connectivity index (χ1v) is 11.0. The van der Waals surface area contributed by atoms with Crippen molar-refractivity contribution in [2.45, 2.75) is 12.8 Å². The molecule has 3 nitrogen and oxygen atoms in total. The van der Waals surface area contributed by atoms with Crippen LogP contribution in [0, 0.1) is 17.1 Å². The first-order chi connectivity index (χ1) is 15.0. The van der Waals surface area contributed by atoms with Gasteiger partial charge in [-0.25, -0.2) is 4.39 Å². The Labute approximate surface area is 188 Å². The number of thiophene rings is 1. The van der Waals surface area contributed by atoms with Crippen LogP contribution >= 0.6 is 22.9 Å². The fraction of sp³-hybridized carbons (Fsp3) is 0.120. The lowest BCUT2D eigenvalue weighted by atomic mass is 10.0. The summed E-state index contributed by atoms with van der Waals surface area (Å²) in [6, 6.07) is 22.6. The first kappa shape index (κ1) is 21.0. The molecule has 0 bridgehead atoms. The van der Waals surface area contributed by atoms with Gasteiger partial charge in [0.05, 0.1) is 17.5 Å². The molecule has 0 unspecified atom stereocenters. The lowest BCUT2D eigenvalue weighted by Crippen LogP contribution is -2.24. The predicted octanol–water partition coefficient (Wildman–Crippen LogP) is 6.60. The summed E-state index contributed by atoms with van der Waals surface area (Å²) in [6.45, 7) is 0.330. The van der Waals surface area contributed by atoms with E-state index in [4.69, 9.17) is 16.9 Å². The third kappa shape index (κ3) is 4.77. The Morgan fingerprint density at radius 1 is 1.10 bits per heavy atom. The van der Waals surface area contributed by atoms with Crippen LogP contribution in [0.2, 0.25) is 5.02 Å². The first-order valence-electron chi connectivity index (χ1n) is 9.76. The third-order valence-corrected chi connectivity index (χ3v) is 6.39. The van der Waals surface area contributed by atoms with Crippen molar-refractivity contribution in [3.8, 4) is 17.2 Å². The number of rotatable bonds is 6. The molecular formula is C25H18ClFN2OS. The lowest BCUT2D eigenvalue weighted by Gasteiger charge is -2.07. The monoisotopic (exact) mass is 448 g/mol. The SMILES string of the molecule is N#CCCNC(=O)c1cccc(-c2cccc3cc(Cc4ccc(F)c(Cl)c4)sc23)c1.